The average molecular weight is 348 g/mol. The van der Waals surface area contributed by atoms with Gasteiger partial charge in [0.25, 0.3) is 5.22 Å². The van der Waals surface area contributed by atoms with Crippen LogP contribution in [-0.2, 0) is 4.79 Å². The Hall–Kier alpha value is -1.86. The number of amides is 1. The van der Waals surface area contributed by atoms with Crippen molar-refractivity contribution in [2.24, 2.45) is 11.7 Å². The van der Waals surface area contributed by atoms with Crippen LogP contribution >= 0.6 is 11.8 Å². The van der Waals surface area contributed by atoms with E-state index in [4.69, 9.17) is 10.2 Å². The van der Waals surface area contributed by atoms with E-state index in [9.17, 15) is 4.79 Å². The van der Waals surface area contributed by atoms with Crippen molar-refractivity contribution in [3.8, 4) is 0 Å². The van der Waals surface area contributed by atoms with Gasteiger partial charge in [0.1, 0.15) is 0 Å². The van der Waals surface area contributed by atoms with E-state index in [1.165, 1.54) is 11.8 Å². The monoisotopic (exact) mass is 348 g/mol. The third-order valence-corrected chi connectivity index (χ3v) is 4.85. The molecule has 24 heavy (non-hydrogen) atoms. The van der Waals surface area contributed by atoms with Crippen LogP contribution in [0.5, 0.6) is 0 Å². The third-order valence-electron chi connectivity index (χ3n) is 4.04. The summed E-state index contributed by atoms with van der Waals surface area (Å²) in [5.41, 5.74) is 8.99. The molecule has 1 aromatic heterocycles. The summed E-state index contributed by atoms with van der Waals surface area (Å²) in [7, 11) is 0. The van der Waals surface area contributed by atoms with Gasteiger partial charge in [-0.2, -0.15) is 0 Å². The molecule has 2 atom stereocenters. The molecule has 2 rings (SSSR count). The number of nitrogens with one attached hydrogen (secondary N) is 1. The third kappa shape index (κ3) is 4.58. The number of rotatable bonds is 7. The Morgan fingerprint density at radius 3 is 2.62 bits per heavy atom. The molecule has 0 saturated heterocycles. The molecular formula is C17H24N4O2S. The number of anilines is 1. The van der Waals surface area contributed by atoms with E-state index >= 15 is 0 Å². The molecule has 0 aliphatic carbocycles. The van der Waals surface area contributed by atoms with Crippen LogP contribution in [0.4, 0.5) is 5.69 Å². The van der Waals surface area contributed by atoms with Crippen molar-refractivity contribution < 1.29 is 9.21 Å². The van der Waals surface area contributed by atoms with Crippen molar-refractivity contribution >= 4 is 23.4 Å². The van der Waals surface area contributed by atoms with E-state index in [1.54, 1.807) is 0 Å². The van der Waals surface area contributed by atoms with E-state index in [0.29, 0.717) is 11.1 Å². The molecule has 0 aliphatic heterocycles. The highest BCUT2D eigenvalue weighted by molar-refractivity contribution is 7.99. The fraction of sp³-hybridized carbons (Fsp3) is 0.471. The zero-order valence-corrected chi connectivity index (χ0v) is 15.3. The number of carbonyl (C=O) groups is 1. The van der Waals surface area contributed by atoms with Crippen molar-refractivity contribution in [1.29, 1.82) is 0 Å². The summed E-state index contributed by atoms with van der Waals surface area (Å²) in [5.74, 6) is 0.773. The molecule has 0 fully saturated rings. The molecule has 1 unspecified atom stereocenters. The summed E-state index contributed by atoms with van der Waals surface area (Å²) >= 11 is 1.21. The lowest BCUT2D eigenvalue weighted by molar-refractivity contribution is -0.113. The zero-order valence-electron chi connectivity index (χ0n) is 14.5. The first kappa shape index (κ1) is 18.5. The molecule has 1 amide bonds. The molecule has 1 heterocycles. The van der Waals surface area contributed by atoms with Crippen LogP contribution in [0.2, 0.25) is 0 Å². The van der Waals surface area contributed by atoms with Gasteiger partial charge in [-0.15, -0.1) is 10.2 Å². The van der Waals surface area contributed by atoms with Gasteiger partial charge < -0.3 is 15.5 Å². The van der Waals surface area contributed by atoms with Gasteiger partial charge in [-0.25, -0.2) is 0 Å². The lowest BCUT2D eigenvalue weighted by Gasteiger charge is -2.13. The molecule has 130 valence electrons. The summed E-state index contributed by atoms with van der Waals surface area (Å²) in [6.45, 7) is 8.04. The number of nitrogens with zero attached hydrogens (tertiary/aromatic N) is 2. The topological polar surface area (TPSA) is 94.0 Å². The van der Waals surface area contributed by atoms with E-state index in [0.717, 1.165) is 23.2 Å². The van der Waals surface area contributed by atoms with Crippen molar-refractivity contribution in [3.05, 3.63) is 35.2 Å². The number of thioether (sulfide) groups is 1. The van der Waals surface area contributed by atoms with Crippen LogP contribution in [0.1, 0.15) is 43.3 Å². The lowest BCUT2D eigenvalue weighted by atomic mass is 10.0. The van der Waals surface area contributed by atoms with Crippen LogP contribution < -0.4 is 11.1 Å². The van der Waals surface area contributed by atoms with Gasteiger partial charge in [0, 0.05) is 5.69 Å². The molecule has 3 N–H and O–H groups in total. The maximum Gasteiger partial charge on any atom is 0.277 e. The number of para-hydroxylation sites is 1. The molecule has 7 heteroatoms. The second-order valence-corrected chi connectivity index (χ2v) is 6.85. The normalized spacial score (nSPS) is 13.5. The Morgan fingerprint density at radius 2 is 2.00 bits per heavy atom. The Kier molecular flexibility index (Phi) is 6.39. The van der Waals surface area contributed by atoms with Gasteiger partial charge in [-0.1, -0.05) is 50.2 Å². The van der Waals surface area contributed by atoms with Gasteiger partial charge in [0.15, 0.2) is 0 Å². The van der Waals surface area contributed by atoms with Crippen molar-refractivity contribution in [2.75, 3.05) is 11.1 Å². The highest BCUT2D eigenvalue weighted by Gasteiger charge is 2.20. The van der Waals surface area contributed by atoms with Gasteiger partial charge in [0.2, 0.25) is 11.8 Å². The van der Waals surface area contributed by atoms with Gasteiger partial charge in [-0.05, 0) is 30.9 Å². The Bertz CT molecular complexity index is 681. The number of carbonyl (C=O) groups excluding carboxylic acids is 1. The van der Waals surface area contributed by atoms with E-state index < -0.39 is 0 Å². The highest BCUT2D eigenvalue weighted by atomic mass is 32.2. The molecule has 0 radical (unpaired) electrons. The van der Waals surface area contributed by atoms with Crippen molar-refractivity contribution in [2.45, 2.75) is 45.4 Å². The van der Waals surface area contributed by atoms with E-state index in [1.807, 2.05) is 39.0 Å². The number of hydrogen-bond acceptors (Lipinski definition) is 6. The maximum atomic E-state index is 12.1. The van der Waals surface area contributed by atoms with Crippen LogP contribution in [0.3, 0.4) is 0 Å². The van der Waals surface area contributed by atoms with Crippen LogP contribution in [0, 0.1) is 19.8 Å². The number of benzene rings is 1. The Morgan fingerprint density at radius 1 is 1.33 bits per heavy atom. The first-order chi connectivity index (χ1) is 11.4. The summed E-state index contributed by atoms with van der Waals surface area (Å²) in [6, 6.07) is 5.63. The lowest BCUT2D eigenvalue weighted by Crippen LogP contribution is -2.18. The Balaban J connectivity index is 1.92. The fourth-order valence-corrected chi connectivity index (χ4v) is 2.79. The SMILES string of the molecule is CCC(C)[C@H](N)c1nnc(SCC(=O)Nc2c(C)cccc2C)o1. The first-order valence-corrected chi connectivity index (χ1v) is 8.98. The molecule has 1 aromatic carbocycles. The molecule has 0 saturated carbocycles. The number of aromatic nitrogens is 2. The minimum Gasteiger partial charge on any atom is -0.414 e. The van der Waals surface area contributed by atoms with Crippen LogP contribution in [0.25, 0.3) is 0 Å². The van der Waals surface area contributed by atoms with Gasteiger partial charge >= 0.3 is 0 Å². The van der Waals surface area contributed by atoms with Crippen molar-refractivity contribution in [1.82, 2.24) is 10.2 Å². The maximum absolute atomic E-state index is 12.1. The largest absolute Gasteiger partial charge is 0.414 e. The number of aryl methyl sites for hydroxylation is 2. The summed E-state index contributed by atoms with van der Waals surface area (Å²) in [6.07, 6.45) is 0.935. The van der Waals surface area contributed by atoms with Crippen molar-refractivity contribution in [3.63, 3.8) is 0 Å². The van der Waals surface area contributed by atoms with E-state index in [2.05, 4.69) is 22.4 Å². The molecule has 0 spiro atoms. The smallest absolute Gasteiger partial charge is 0.277 e. The average Bonchev–Trinajstić information content (AvgIpc) is 3.04. The standard InChI is InChI=1S/C17H24N4O2S/c1-5-10(2)14(18)16-20-21-17(23-16)24-9-13(22)19-15-11(3)7-6-8-12(15)4/h6-8,10,14H,5,9,18H2,1-4H3,(H,19,22)/t10?,14-/m0/s1. The molecule has 0 bridgehead atoms. The summed E-state index contributed by atoms with van der Waals surface area (Å²) in [5, 5.41) is 11.2. The number of hydrogen-bond donors (Lipinski definition) is 2. The quantitative estimate of drug-likeness (QED) is 0.744. The molecule has 6 nitrogen and oxygen atoms in total. The Labute approximate surface area is 146 Å². The molecule has 2 aromatic rings. The van der Waals surface area contributed by atoms with Crippen LogP contribution in [-0.4, -0.2) is 21.9 Å². The fourth-order valence-electron chi connectivity index (χ4n) is 2.23. The minimum atomic E-state index is -0.278. The number of nitrogens with two attached hydrogens (primary N) is 1. The predicted octanol–water partition coefficient (Wildman–Crippen LogP) is 3.46. The second-order valence-electron chi connectivity index (χ2n) is 5.92. The predicted molar refractivity (Wildman–Crippen MR) is 96.0 cm³/mol. The van der Waals surface area contributed by atoms with Gasteiger partial charge in [-0.3, -0.25) is 4.79 Å². The summed E-state index contributed by atoms with van der Waals surface area (Å²) in [4.78, 5) is 12.1. The minimum absolute atomic E-state index is 0.108. The summed E-state index contributed by atoms with van der Waals surface area (Å²) < 4.78 is 5.55. The van der Waals surface area contributed by atoms with Gasteiger partial charge in [0.05, 0.1) is 11.8 Å². The highest BCUT2D eigenvalue weighted by Crippen LogP contribution is 2.25. The molecular weight excluding hydrogens is 324 g/mol. The first-order valence-electron chi connectivity index (χ1n) is 8.00. The zero-order chi connectivity index (χ0) is 17.7. The van der Waals surface area contributed by atoms with Crippen LogP contribution in [0.15, 0.2) is 27.8 Å². The molecule has 0 aliphatic rings. The van der Waals surface area contributed by atoms with E-state index in [-0.39, 0.29) is 23.6 Å². The second kappa shape index (κ2) is 8.30.